The molecule has 1 unspecified atom stereocenters. The quantitative estimate of drug-likeness (QED) is 0.841. The Bertz CT molecular complexity index is 377. The first-order chi connectivity index (χ1) is 8.47. The van der Waals surface area contributed by atoms with Crippen molar-refractivity contribution in [2.24, 2.45) is 5.92 Å². The third kappa shape index (κ3) is 3.89. The normalized spacial score (nSPS) is 12.8. The first-order valence-electron chi connectivity index (χ1n) is 6.62. The van der Waals surface area contributed by atoms with Crippen LogP contribution in [0.25, 0.3) is 0 Å². The van der Waals surface area contributed by atoms with Crippen molar-refractivity contribution in [2.45, 2.75) is 39.8 Å². The van der Waals surface area contributed by atoms with Crippen LogP contribution in [0.2, 0.25) is 5.02 Å². The highest BCUT2D eigenvalue weighted by molar-refractivity contribution is 6.31. The maximum Gasteiger partial charge on any atom is 0.0471 e. The molecule has 1 aromatic rings. The van der Waals surface area contributed by atoms with Gasteiger partial charge in [-0.3, -0.25) is 0 Å². The van der Waals surface area contributed by atoms with E-state index in [4.69, 9.17) is 11.6 Å². The second-order valence-corrected chi connectivity index (χ2v) is 5.76. The molecule has 0 saturated heterocycles. The molecule has 102 valence electrons. The van der Waals surface area contributed by atoms with Gasteiger partial charge in [0.2, 0.25) is 0 Å². The number of anilines is 1. The number of benzene rings is 1. The van der Waals surface area contributed by atoms with Crippen LogP contribution < -0.4 is 10.2 Å². The Morgan fingerprint density at radius 3 is 2.50 bits per heavy atom. The van der Waals surface area contributed by atoms with Crippen LogP contribution >= 0.6 is 11.6 Å². The molecular weight excluding hydrogens is 244 g/mol. The van der Waals surface area contributed by atoms with Gasteiger partial charge in [-0.25, -0.2) is 0 Å². The Balaban J connectivity index is 2.97. The van der Waals surface area contributed by atoms with E-state index in [1.807, 2.05) is 19.2 Å². The predicted molar refractivity (Wildman–Crippen MR) is 81.5 cm³/mol. The molecule has 0 amide bonds. The van der Waals surface area contributed by atoms with Crippen LogP contribution in [-0.4, -0.2) is 20.1 Å². The fourth-order valence-corrected chi connectivity index (χ4v) is 2.54. The van der Waals surface area contributed by atoms with Crippen LogP contribution in [-0.2, 0) is 6.54 Å². The van der Waals surface area contributed by atoms with E-state index in [1.54, 1.807) is 0 Å². The summed E-state index contributed by atoms with van der Waals surface area (Å²) >= 11 is 6.30. The summed E-state index contributed by atoms with van der Waals surface area (Å²) in [5, 5.41) is 4.03. The molecule has 0 heterocycles. The molecule has 3 heteroatoms. The van der Waals surface area contributed by atoms with Gasteiger partial charge in [0.1, 0.15) is 0 Å². The van der Waals surface area contributed by atoms with Gasteiger partial charge < -0.3 is 10.2 Å². The number of nitrogens with zero attached hydrogens (tertiary/aromatic N) is 1. The molecule has 0 spiro atoms. The first-order valence-corrected chi connectivity index (χ1v) is 7.00. The van der Waals surface area contributed by atoms with Crippen molar-refractivity contribution in [3.63, 3.8) is 0 Å². The van der Waals surface area contributed by atoms with Crippen molar-refractivity contribution in [2.75, 3.05) is 19.0 Å². The van der Waals surface area contributed by atoms with Crippen molar-refractivity contribution < 1.29 is 0 Å². The van der Waals surface area contributed by atoms with Gasteiger partial charge in [-0.1, -0.05) is 31.5 Å². The lowest BCUT2D eigenvalue weighted by Crippen LogP contribution is -2.31. The minimum atomic E-state index is 0.513. The second-order valence-electron chi connectivity index (χ2n) is 5.36. The minimum absolute atomic E-state index is 0.513. The lowest BCUT2D eigenvalue weighted by Gasteiger charge is -2.30. The van der Waals surface area contributed by atoms with Crippen LogP contribution in [0.5, 0.6) is 0 Å². The summed E-state index contributed by atoms with van der Waals surface area (Å²) in [7, 11) is 4.10. The fraction of sp³-hybridized carbons (Fsp3) is 0.600. The highest BCUT2D eigenvalue weighted by atomic mass is 35.5. The molecule has 0 aliphatic heterocycles. The van der Waals surface area contributed by atoms with E-state index >= 15 is 0 Å². The van der Waals surface area contributed by atoms with E-state index in [0.717, 1.165) is 11.6 Å². The third-order valence-corrected chi connectivity index (χ3v) is 3.66. The van der Waals surface area contributed by atoms with Gasteiger partial charge in [-0.2, -0.15) is 0 Å². The fourth-order valence-electron chi connectivity index (χ4n) is 2.31. The summed E-state index contributed by atoms with van der Waals surface area (Å²) in [4.78, 5) is 2.33. The number of nitrogens with one attached hydrogen (secondary N) is 1. The lowest BCUT2D eigenvalue weighted by atomic mass is 10.0. The molecule has 0 aromatic heterocycles. The molecule has 0 aliphatic rings. The van der Waals surface area contributed by atoms with Crippen LogP contribution in [0.1, 0.15) is 32.8 Å². The number of rotatable bonds is 6. The van der Waals surface area contributed by atoms with Crippen molar-refractivity contribution >= 4 is 17.3 Å². The number of hydrogen-bond acceptors (Lipinski definition) is 2. The molecule has 1 aromatic carbocycles. The molecule has 0 aliphatic carbocycles. The van der Waals surface area contributed by atoms with Crippen molar-refractivity contribution in [3.8, 4) is 0 Å². The Kier molecular flexibility index (Phi) is 5.97. The minimum Gasteiger partial charge on any atom is -0.372 e. The van der Waals surface area contributed by atoms with Crippen molar-refractivity contribution in [3.05, 3.63) is 28.8 Å². The molecule has 0 radical (unpaired) electrons. The average molecular weight is 269 g/mol. The zero-order valence-electron chi connectivity index (χ0n) is 12.1. The Hall–Kier alpha value is -0.730. The van der Waals surface area contributed by atoms with Crippen molar-refractivity contribution in [1.29, 1.82) is 0 Å². The predicted octanol–water partition coefficient (Wildman–Crippen LogP) is 3.93. The summed E-state index contributed by atoms with van der Waals surface area (Å²) in [6, 6.07) is 6.64. The number of hydrogen-bond donors (Lipinski definition) is 1. The molecule has 0 fully saturated rings. The number of halogens is 1. The monoisotopic (exact) mass is 268 g/mol. The summed E-state index contributed by atoms with van der Waals surface area (Å²) in [5.41, 5.74) is 2.41. The largest absolute Gasteiger partial charge is 0.372 e. The summed E-state index contributed by atoms with van der Waals surface area (Å²) in [5.74, 6) is 0.703. The summed E-state index contributed by atoms with van der Waals surface area (Å²) in [6.45, 7) is 7.59. The molecule has 18 heavy (non-hydrogen) atoms. The Morgan fingerprint density at radius 2 is 1.94 bits per heavy atom. The molecule has 1 rings (SSSR count). The summed E-state index contributed by atoms with van der Waals surface area (Å²) < 4.78 is 0. The third-order valence-electron chi connectivity index (χ3n) is 3.30. The van der Waals surface area contributed by atoms with E-state index in [-0.39, 0.29) is 0 Å². The van der Waals surface area contributed by atoms with E-state index in [0.29, 0.717) is 12.0 Å². The van der Waals surface area contributed by atoms with Gasteiger partial charge >= 0.3 is 0 Å². The molecular formula is C15H25ClN2. The molecule has 1 atom stereocenters. The Labute approximate surface area is 116 Å². The second kappa shape index (κ2) is 7.01. The maximum atomic E-state index is 6.30. The lowest BCUT2D eigenvalue weighted by molar-refractivity contribution is 0.503. The highest BCUT2D eigenvalue weighted by Gasteiger charge is 2.16. The molecule has 0 saturated carbocycles. The zero-order chi connectivity index (χ0) is 13.7. The van der Waals surface area contributed by atoms with Crippen LogP contribution in [0, 0.1) is 5.92 Å². The van der Waals surface area contributed by atoms with Gasteiger partial charge in [0.05, 0.1) is 0 Å². The molecule has 2 nitrogen and oxygen atoms in total. The van der Waals surface area contributed by atoms with Crippen LogP contribution in [0.3, 0.4) is 0 Å². The Morgan fingerprint density at radius 1 is 1.28 bits per heavy atom. The van der Waals surface area contributed by atoms with Gasteiger partial charge in [-0.05, 0) is 38.4 Å². The van der Waals surface area contributed by atoms with E-state index in [9.17, 15) is 0 Å². The maximum absolute atomic E-state index is 6.30. The first kappa shape index (κ1) is 15.3. The van der Waals surface area contributed by atoms with Gasteiger partial charge in [-0.15, -0.1) is 0 Å². The van der Waals surface area contributed by atoms with Gasteiger partial charge in [0.15, 0.2) is 0 Å². The van der Waals surface area contributed by atoms with E-state index in [2.05, 4.69) is 44.1 Å². The topological polar surface area (TPSA) is 15.3 Å². The van der Waals surface area contributed by atoms with E-state index in [1.165, 1.54) is 17.7 Å². The van der Waals surface area contributed by atoms with Gasteiger partial charge in [0.25, 0.3) is 0 Å². The van der Waals surface area contributed by atoms with Crippen LogP contribution in [0.4, 0.5) is 5.69 Å². The highest BCUT2D eigenvalue weighted by Crippen LogP contribution is 2.29. The summed E-state index contributed by atoms with van der Waals surface area (Å²) in [6.07, 6.45) is 1.18. The zero-order valence-corrected chi connectivity index (χ0v) is 12.9. The molecule has 1 N–H and O–H groups in total. The SMILES string of the molecule is CNCc1c(Cl)cccc1N(C)C(C)CC(C)C. The van der Waals surface area contributed by atoms with Crippen molar-refractivity contribution in [1.82, 2.24) is 5.32 Å². The van der Waals surface area contributed by atoms with E-state index < -0.39 is 0 Å². The van der Waals surface area contributed by atoms with Gasteiger partial charge in [0, 0.05) is 35.9 Å². The standard InChI is InChI=1S/C15H25ClN2/c1-11(2)9-12(3)18(5)15-8-6-7-14(16)13(15)10-17-4/h6-8,11-12,17H,9-10H2,1-5H3. The smallest absolute Gasteiger partial charge is 0.0471 e. The van der Waals surface area contributed by atoms with Crippen LogP contribution in [0.15, 0.2) is 18.2 Å². The molecule has 0 bridgehead atoms. The average Bonchev–Trinajstić information content (AvgIpc) is 2.30.